The van der Waals surface area contributed by atoms with Crippen LogP contribution < -0.4 is 23.8 Å². The maximum atomic E-state index is 13.5. The predicted molar refractivity (Wildman–Crippen MR) is 142 cm³/mol. The van der Waals surface area contributed by atoms with E-state index in [1.807, 2.05) is 13.8 Å². The summed E-state index contributed by atoms with van der Waals surface area (Å²) in [6.45, 7) is 5.29. The van der Waals surface area contributed by atoms with Gasteiger partial charge in [0.2, 0.25) is 0 Å². The average Bonchev–Trinajstić information content (AvgIpc) is 3.21. The van der Waals surface area contributed by atoms with Gasteiger partial charge in [0, 0.05) is 17.3 Å². The predicted octanol–water partition coefficient (Wildman–Crippen LogP) is 5.19. The number of amides is 1. The minimum Gasteiger partial charge on any atom is -0.507 e. The van der Waals surface area contributed by atoms with Crippen LogP contribution in [0.1, 0.15) is 36.1 Å². The first-order valence-electron chi connectivity index (χ1n) is 12.5. The van der Waals surface area contributed by atoms with Gasteiger partial charge in [-0.25, -0.2) is 0 Å². The highest BCUT2D eigenvalue weighted by molar-refractivity contribution is 6.51. The summed E-state index contributed by atoms with van der Waals surface area (Å²) in [6, 6.07) is 16.5. The number of hydrogen-bond acceptors (Lipinski definition) is 7. The molecule has 38 heavy (non-hydrogen) atoms. The van der Waals surface area contributed by atoms with E-state index in [0.717, 1.165) is 12.0 Å². The number of hydrogen-bond donors (Lipinski definition) is 1. The van der Waals surface area contributed by atoms with E-state index in [2.05, 4.69) is 0 Å². The molecular formula is C30H29NO7. The highest BCUT2D eigenvalue weighted by atomic mass is 16.6. The largest absolute Gasteiger partial charge is 0.507 e. The van der Waals surface area contributed by atoms with Gasteiger partial charge >= 0.3 is 0 Å². The molecule has 0 spiro atoms. The lowest BCUT2D eigenvalue weighted by Crippen LogP contribution is -2.29. The van der Waals surface area contributed by atoms with Gasteiger partial charge in [0.05, 0.1) is 25.3 Å². The molecule has 8 heteroatoms. The van der Waals surface area contributed by atoms with Crippen molar-refractivity contribution in [2.75, 3.05) is 31.8 Å². The Morgan fingerprint density at radius 3 is 2.42 bits per heavy atom. The Bertz CT molecular complexity index is 1410. The number of aryl methyl sites for hydroxylation is 1. The molecule has 2 aliphatic rings. The first kappa shape index (κ1) is 25.2. The number of aliphatic hydroxyl groups excluding tert-OH is 1. The summed E-state index contributed by atoms with van der Waals surface area (Å²) >= 11 is 0. The zero-order valence-corrected chi connectivity index (χ0v) is 21.5. The SMILES string of the molecule is CCCOc1ccc(/C(O)=C2\C(=O)C(=O)N(c3ccc4c(c3)OCCO4)C2c2ccc(OC)cc2)cc1C. The zero-order chi connectivity index (χ0) is 26.8. The fourth-order valence-corrected chi connectivity index (χ4v) is 4.71. The van der Waals surface area contributed by atoms with Crippen molar-refractivity contribution in [1.29, 1.82) is 0 Å². The normalized spacial score (nSPS) is 18.0. The van der Waals surface area contributed by atoms with Gasteiger partial charge in [-0.2, -0.15) is 0 Å². The topological polar surface area (TPSA) is 94.5 Å². The van der Waals surface area contributed by atoms with Crippen LogP contribution in [-0.2, 0) is 9.59 Å². The number of carbonyl (C=O) groups excluding carboxylic acids is 2. The van der Waals surface area contributed by atoms with Crippen LogP contribution in [0.5, 0.6) is 23.0 Å². The molecule has 8 nitrogen and oxygen atoms in total. The van der Waals surface area contributed by atoms with Crippen molar-refractivity contribution in [2.45, 2.75) is 26.3 Å². The maximum Gasteiger partial charge on any atom is 0.300 e. The molecule has 0 bridgehead atoms. The van der Waals surface area contributed by atoms with Crippen LogP contribution >= 0.6 is 0 Å². The number of Topliss-reactive ketones (excluding diaryl/α,β-unsaturated/α-hetero) is 1. The molecule has 1 unspecified atom stereocenters. The molecule has 5 rings (SSSR count). The number of rotatable bonds is 7. The summed E-state index contributed by atoms with van der Waals surface area (Å²) < 4.78 is 22.4. The number of carbonyl (C=O) groups is 2. The molecule has 0 radical (unpaired) electrons. The molecule has 1 fully saturated rings. The Labute approximate surface area is 221 Å². The summed E-state index contributed by atoms with van der Waals surface area (Å²) in [5.41, 5.74) is 2.32. The van der Waals surface area contributed by atoms with E-state index in [9.17, 15) is 14.7 Å². The van der Waals surface area contributed by atoms with Crippen molar-refractivity contribution in [3.63, 3.8) is 0 Å². The fourth-order valence-electron chi connectivity index (χ4n) is 4.71. The molecule has 1 N–H and O–H groups in total. The molecule has 0 aliphatic carbocycles. The van der Waals surface area contributed by atoms with Crippen molar-refractivity contribution in [3.8, 4) is 23.0 Å². The second-order valence-corrected chi connectivity index (χ2v) is 9.10. The van der Waals surface area contributed by atoms with Crippen LogP contribution in [0.25, 0.3) is 5.76 Å². The Balaban J connectivity index is 1.64. The lowest BCUT2D eigenvalue weighted by Gasteiger charge is -2.27. The van der Waals surface area contributed by atoms with Gasteiger partial charge < -0.3 is 24.1 Å². The van der Waals surface area contributed by atoms with E-state index >= 15 is 0 Å². The first-order valence-corrected chi connectivity index (χ1v) is 12.5. The highest BCUT2D eigenvalue weighted by Crippen LogP contribution is 2.45. The number of nitrogens with zero attached hydrogens (tertiary/aromatic N) is 1. The molecule has 196 valence electrons. The Morgan fingerprint density at radius 1 is 1.00 bits per heavy atom. The van der Waals surface area contributed by atoms with Crippen molar-refractivity contribution in [1.82, 2.24) is 0 Å². The monoisotopic (exact) mass is 515 g/mol. The van der Waals surface area contributed by atoms with Crippen LogP contribution in [0, 0.1) is 6.92 Å². The van der Waals surface area contributed by atoms with E-state index in [0.29, 0.717) is 59.6 Å². The van der Waals surface area contributed by atoms with Gasteiger partial charge in [0.25, 0.3) is 11.7 Å². The van der Waals surface area contributed by atoms with Crippen LogP contribution in [0.15, 0.2) is 66.2 Å². The van der Waals surface area contributed by atoms with E-state index in [1.54, 1.807) is 67.8 Å². The molecule has 0 saturated carbocycles. The number of aliphatic hydroxyl groups is 1. The number of benzene rings is 3. The summed E-state index contributed by atoms with van der Waals surface area (Å²) in [7, 11) is 1.56. The molecule has 3 aromatic carbocycles. The minimum absolute atomic E-state index is 0.00307. The molecular weight excluding hydrogens is 486 g/mol. The Morgan fingerprint density at radius 2 is 1.74 bits per heavy atom. The summed E-state index contributed by atoms with van der Waals surface area (Å²) in [5, 5.41) is 11.5. The highest BCUT2D eigenvalue weighted by Gasteiger charge is 2.47. The Hall–Kier alpha value is -4.46. The number of ether oxygens (including phenoxy) is 4. The van der Waals surface area contributed by atoms with Gasteiger partial charge in [-0.05, 0) is 66.9 Å². The molecule has 1 amide bonds. The van der Waals surface area contributed by atoms with Gasteiger partial charge in [-0.3, -0.25) is 14.5 Å². The third-order valence-corrected chi connectivity index (χ3v) is 6.59. The van der Waals surface area contributed by atoms with Crippen LogP contribution in [0.2, 0.25) is 0 Å². The number of ketones is 1. The third kappa shape index (κ3) is 4.53. The first-order chi connectivity index (χ1) is 18.4. The second-order valence-electron chi connectivity index (χ2n) is 9.10. The smallest absolute Gasteiger partial charge is 0.300 e. The van der Waals surface area contributed by atoms with E-state index in [1.165, 1.54) is 4.90 Å². The maximum absolute atomic E-state index is 13.5. The van der Waals surface area contributed by atoms with Crippen molar-refractivity contribution >= 4 is 23.1 Å². The van der Waals surface area contributed by atoms with Gasteiger partial charge in [-0.1, -0.05) is 19.1 Å². The Kier molecular flexibility index (Phi) is 6.96. The van der Waals surface area contributed by atoms with Crippen molar-refractivity contribution < 1.29 is 33.6 Å². The molecule has 2 heterocycles. The standard InChI is InChI=1S/C30H29NO7/c1-4-13-36-23-11-7-20(16-18(23)2)28(32)26-27(19-5-9-22(35-3)10-6-19)31(30(34)29(26)33)21-8-12-24-25(17-21)38-15-14-37-24/h5-12,16-17,27,32H,4,13-15H2,1-3H3/b28-26+. The van der Waals surface area contributed by atoms with E-state index in [4.69, 9.17) is 18.9 Å². The van der Waals surface area contributed by atoms with Crippen molar-refractivity contribution in [2.24, 2.45) is 0 Å². The number of methoxy groups -OCH3 is 1. The van der Waals surface area contributed by atoms with Gasteiger partial charge in [0.1, 0.15) is 30.5 Å². The van der Waals surface area contributed by atoms with Crippen molar-refractivity contribution in [3.05, 3.63) is 82.9 Å². The summed E-state index contributed by atoms with van der Waals surface area (Å²) in [5.74, 6) is 0.608. The molecule has 3 aromatic rings. The summed E-state index contributed by atoms with van der Waals surface area (Å²) in [6.07, 6.45) is 0.867. The summed E-state index contributed by atoms with van der Waals surface area (Å²) in [4.78, 5) is 28.3. The minimum atomic E-state index is -0.875. The molecule has 1 atom stereocenters. The number of anilines is 1. The van der Waals surface area contributed by atoms with Crippen LogP contribution in [0.4, 0.5) is 5.69 Å². The van der Waals surface area contributed by atoms with Crippen LogP contribution in [0.3, 0.4) is 0 Å². The fraction of sp³-hybridized carbons (Fsp3) is 0.267. The third-order valence-electron chi connectivity index (χ3n) is 6.59. The van der Waals surface area contributed by atoms with E-state index in [-0.39, 0.29) is 11.3 Å². The number of fused-ring (bicyclic) bond motifs is 1. The quantitative estimate of drug-likeness (QED) is 0.263. The van der Waals surface area contributed by atoms with E-state index < -0.39 is 17.7 Å². The van der Waals surface area contributed by atoms with Crippen LogP contribution in [-0.4, -0.2) is 43.7 Å². The lowest BCUT2D eigenvalue weighted by atomic mass is 9.94. The zero-order valence-electron chi connectivity index (χ0n) is 21.5. The molecule has 0 aromatic heterocycles. The second kappa shape index (κ2) is 10.5. The molecule has 1 saturated heterocycles. The van der Waals surface area contributed by atoms with Gasteiger partial charge in [-0.15, -0.1) is 0 Å². The molecule has 2 aliphatic heterocycles. The lowest BCUT2D eigenvalue weighted by molar-refractivity contribution is -0.132. The van der Waals surface area contributed by atoms with Gasteiger partial charge in [0.15, 0.2) is 11.5 Å². The average molecular weight is 516 g/mol.